The molecule has 0 radical (unpaired) electrons. The van der Waals surface area contributed by atoms with E-state index in [-0.39, 0.29) is 0 Å². The molecule has 1 unspecified atom stereocenters. The van der Waals surface area contributed by atoms with Gasteiger partial charge in [0.15, 0.2) is 0 Å². The van der Waals surface area contributed by atoms with Crippen LogP contribution in [-0.2, 0) is 0 Å². The van der Waals surface area contributed by atoms with Crippen LogP contribution in [0.4, 0.5) is 0 Å². The van der Waals surface area contributed by atoms with Crippen molar-refractivity contribution in [3.05, 3.63) is 24.3 Å². The molecular weight excluding hydrogens is 226 g/mol. The van der Waals surface area contributed by atoms with Gasteiger partial charge in [-0.05, 0) is 25.0 Å². The van der Waals surface area contributed by atoms with E-state index in [1.807, 2.05) is 24.3 Å². The van der Waals surface area contributed by atoms with Gasteiger partial charge >= 0.3 is 0 Å². The molecule has 0 fully saturated rings. The molecule has 1 aromatic carbocycles. The van der Waals surface area contributed by atoms with E-state index in [1.54, 1.807) is 4.68 Å². The zero-order valence-electron chi connectivity index (χ0n) is 10.9. The third-order valence-corrected chi connectivity index (χ3v) is 3.23. The minimum absolute atomic E-state index is 0.556. The van der Waals surface area contributed by atoms with Gasteiger partial charge in [-0.2, -0.15) is 0 Å². The predicted octanol–water partition coefficient (Wildman–Crippen LogP) is 3.28. The fourth-order valence-corrected chi connectivity index (χ4v) is 2.16. The van der Waals surface area contributed by atoms with Crippen molar-refractivity contribution in [3.63, 3.8) is 0 Å². The number of rotatable bonds is 7. The van der Waals surface area contributed by atoms with Gasteiger partial charge in [-0.15, -0.1) is 5.10 Å². The SMILES string of the molecule is CCCCCCCC(O)n1nnc2ccccc21. The van der Waals surface area contributed by atoms with Crippen molar-refractivity contribution in [3.8, 4) is 0 Å². The number of aliphatic hydroxyl groups is 1. The first-order valence-electron chi connectivity index (χ1n) is 6.81. The quantitative estimate of drug-likeness (QED) is 0.764. The first-order chi connectivity index (χ1) is 8.83. The van der Waals surface area contributed by atoms with E-state index in [0.717, 1.165) is 23.9 Å². The zero-order valence-corrected chi connectivity index (χ0v) is 10.9. The third kappa shape index (κ3) is 3.07. The molecule has 0 amide bonds. The van der Waals surface area contributed by atoms with Crippen molar-refractivity contribution in [1.29, 1.82) is 0 Å². The summed E-state index contributed by atoms with van der Waals surface area (Å²) in [5, 5.41) is 18.2. The van der Waals surface area contributed by atoms with E-state index >= 15 is 0 Å². The summed E-state index contributed by atoms with van der Waals surface area (Å²) in [6.45, 7) is 2.20. The van der Waals surface area contributed by atoms with E-state index < -0.39 is 6.23 Å². The van der Waals surface area contributed by atoms with Crippen molar-refractivity contribution < 1.29 is 5.11 Å². The molecule has 4 heteroatoms. The maximum absolute atomic E-state index is 10.1. The third-order valence-electron chi connectivity index (χ3n) is 3.23. The highest BCUT2D eigenvalue weighted by atomic mass is 16.3. The Morgan fingerprint density at radius 3 is 2.78 bits per heavy atom. The van der Waals surface area contributed by atoms with Crippen molar-refractivity contribution in [1.82, 2.24) is 15.0 Å². The Balaban J connectivity index is 1.90. The fourth-order valence-electron chi connectivity index (χ4n) is 2.16. The van der Waals surface area contributed by atoms with Gasteiger partial charge in [-0.1, -0.05) is 50.0 Å². The molecule has 0 aliphatic heterocycles. The molecule has 2 rings (SSSR count). The molecule has 1 N–H and O–H groups in total. The van der Waals surface area contributed by atoms with Crippen LogP contribution in [0.25, 0.3) is 11.0 Å². The van der Waals surface area contributed by atoms with Gasteiger partial charge in [-0.25, -0.2) is 4.68 Å². The van der Waals surface area contributed by atoms with Gasteiger partial charge in [0.1, 0.15) is 11.7 Å². The molecule has 4 nitrogen and oxygen atoms in total. The smallest absolute Gasteiger partial charge is 0.149 e. The Morgan fingerprint density at radius 2 is 1.94 bits per heavy atom. The molecule has 18 heavy (non-hydrogen) atoms. The minimum Gasteiger partial charge on any atom is -0.372 e. The molecule has 0 bridgehead atoms. The van der Waals surface area contributed by atoms with Crippen LogP contribution >= 0.6 is 0 Å². The lowest BCUT2D eigenvalue weighted by Crippen LogP contribution is -2.09. The van der Waals surface area contributed by atoms with Crippen LogP contribution in [0.2, 0.25) is 0 Å². The molecule has 0 saturated heterocycles. The Bertz CT molecular complexity index is 481. The molecule has 0 aliphatic rings. The average molecular weight is 247 g/mol. The molecule has 0 saturated carbocycles. The summed E-state index contributed by atoms with van der Waals surface area (Å²) in [7, 11) is 0. The van der Waals surface area contributed by atoms with E-state index in [0.29, 0.717) is 0 Å². The van der Waals surface area contributed by atoms with Gasteiger partial charge in [0.05, 0.1) is 5.52 Å². The van der Waals surface area contributed by atoms with E-state index in [2.05, 4.69) is 17.2 Å². The number of aromatic nitrogens is 3. The number of aliphatic hydroxyl groups excluding tert-OH is 1. The Morgan fingerprint density at radius 1 is 1.17 bits per heavy atom. The molecule has 1 heterocycles. The number of fused-ring (bicyclic) bond motifs is 1. The predicted molar refractivity (Wildman–Crippen MR) is 72.2 cm³/mol. The molecular formula is C14H21N3O. The van der Waals surface area contributed by atoms with E-state index in [1.165, 1.54) is 25.7 Å². The maximum Gasteiger partial charge on any atom is 0.149 e. The number of hydrogen-bond acceptors (Lipinski definition) is 3. The van der Waals surface area contributed by atoms with Crippen molar-refractivity contribution in [2.24, 2.45) is 0 Å². The fraction of sp³-hybridized carbons (Fsp3) is 0.571. The topological polar surface area (TPSA) is 50.9 Å². The standard InChI is InChI=1S/C14H21N3O/c1-2-3-4-5-6-11-14(18)17-13-10-8-7-9-12(13)15-16-17/h7-10,14,18H,2-6,11H2,1H3. The summed E-state index contributed by atoms with van der Waals surface area (Å²) in [4.78, 5) is 0. The number of nitrogens with zero attached hydrogens (tertiary/aromatic N) is 3. The lowest BCUT2D eigenvalue weighted by atomic mass is 10.1. The number of unbranched alkanes of at least 4 members (excludes halogenated alkanes) is 4. The largest absolute Gasteiger partial charge is 0.372 e. The lowest BCUT2D eigenvalue weighted by molar-refractivity contribution is 0.0810. The maximum atomic E-state index is 10.1. The number of hydrogen-bond donors (Lipinski definition) is 1. The van der Waals surface area contributed by atoms with Gasteiger partial charge in [0, 0.05) is 0 Å². The summed E-state index contributed by atoms with van der Waals surface area (Å²) in [5.41, 5.74) is 1.74. The highest BCUT2D eigenvalue weighted by molar-refractivity contribution is 5.73. The second kappa shape index (κ2) is 6.50. The van der Waals surface area contributed by atoms with Crippen LogP contribution in [0, 0.1) is 0 Å². The molecule has 1 aromatic heterocycles. The van der Waals surface area contributed by atoms with Crippen LogP contribution in [-0.4, -0.2) is 20.1 Å². The van der Waals surface area contributed by atoms with Crippen LogP contribution < -0.4 is 0 Å². The number of para-hydroxylation sites is 1. The summed E-state index contributed by atoms with van der Waals surface area (Å²) in [6, 6.07) is 7.72. The van der Waals surface area contributed by atoms with Gasteiger partial charge in [0.25, 0.3) is 0 Å². The van der Waals surface area contributed by atoms with Gasteiger partial charge in [0.2, 0.25) is 0 Å². The first-order valence-corrected chi connectivity index (χ1v) is 6.81. The Hall–Kier alpha value is -1.42. The van der Waals surface area contributed by atoms with Crippen LogP contribution in [0.1, 0.15) is 51.7 Å². The highest BCUT2D eigenvalue weighted by Gasteiger charge is 2.11. The second-order valence-electron chi connectivity index (χ2n) is 4.71. The molecule has 0 aliphatic carbocycles. The first kappa shape index (κ1) is 13.0. The van der Waals surface area contributed by atoms with Crippen molar-refractivity contribution in [2.75, 3.05) is 0 Å². The average Bonchev–Trinajstić information content (AvgIpc) is 2.82. The molecule has 0 spiro atoms. The summed E-state index contributed by atoms with van der Waals surface area (Å²) >= 11 is 0. The van der Waals surface area contributed by atoms with Gasteiger partial charge in [-0.3, -0.25) is 0 Å². The van der Waals surface area contributed by atoms with Gasteiger partial charge < -0.3 is 5.11 Å². The Labute approximate surface area is 108 Å². The summed E-state index contributed by atoms with van der Waals surface area (Å²) < 4.78 is 1.62. The monoisotopic (exact) mass is 247 g/mol. The second-order valence-corrected chi connectivity index (χ2v) is 4.71. The number of benzene rings is 1. The zero-order chi connectivity index (χ0) is 12.8. The summed E-state index contributed by atoms with van der Waals surface area (Å²) in [5.74, 6) is 0. The molecule has 98 valence electrons. The normalized spacial score (nSPS) is 13.0. The van der Waals surface area contributed by atoms with Crippen molar-refractivity contribution in [2.45, 2.75) is 51.7 Å². The summed E-state index contributed by atoms with van der Waals surface area (Å²) in [6.07, 6.45) is 6.18. The minimum atomic E-state index is -0.556. The van der Waals surface area contributed by atoms with Crippen LogP contribution in [0.15, 0.2) is 24.3 Å². The van der Waals surface area contributed by atoms with E-state index in [9.17, 15) is 5.11 Å². The van der Waals surface area contributed by atoms with E-state index in [4.69, 9.17) is 0 Å². The van der Waals surface area contributed by atoms with Crippen molar-refractivity contribution >= 4 is 11.0 Å². The lowest BCUT2D eigenvalue weighted by Gasteiger charge is -2.11. The molecule has 2 aromatic rings. The van der Waals surface area contributed by atoms with Crippen LogP contribution in [0.3, 0.4) is 0 Å². The molecule has 1 atom stereocenters. The van der Waals surface area contributed by atoms with Crippen LogP contribution in [0.5, 0.6) is 0 Å². The Kier molecular flexibility index (Phi) is 4.70. The highest BCUT2D eigenvalue weighted by Crippen LogP contribution is 2.18.